The lowest BCUT2D eigenvalue weighted by Gasteiger charge is -2.06. The smallest absolute Gasteiger partial charge is 0.239 e. The highest BCUT2D eigenvalue weighted by Gasteiger charge is 2.14. The van der Waals surface area contributed by atoms with Crippen molar-refractivity contribution in [3.8, 4) is 17.3 Å². The van der Waals surface area contributed by atoms with Crippen LogP contribution in [0.15, 0.2) is 41.4 Å². The van der Waals surface area contributed by atoms with Crippen molar-refractivity contribution in [3.05, 3.63) is 52.5 Å². The third-order valence-electron chi connectivity index (χ3n) is 2.52. The van der Waals surface area contributed by atoms with Crippen molar-refractivity contribution >= 4 is 27.5 Å². The second-order valence-corrected chi connectivity index (χ2v) is 4.99. The van der Waals surface area contributed by atoms with Crippen LogP contribution in [-0.2, 0) is 0 Å². The fourth-order valence-electron chi connectivity index (χ4n) is 1.63. The highest BCUT2D eigenvalue weighted by Crippen LogP contribution is 2.26. The predicted octanol–water partition coefficient (Wildman–Crippen LogP) is 3.28. The van der Waals surface area contributed by atoms with Gasteiger partial charge in [-0.2, -0.15) is 15.0 Å². The highest BCUT2D eigenvalue weighted by molar-refractivity contribution is 9.10. The maximum atomic E-state index is 14.1. The zero-order chi connectivity index (χ0) is 14.1. The van der Waals surface area contributed by atoms with E-state index in [-0.39, 0.29) is 22.6 Å². The van der Waals surface area contributed by atoms with Gasteiger partial charge in [0.25, 0.3) is 0 Å². The van der Waals surface area contributed by atoms with Gasteiger partial charge in [-0.15, -0.1) is 0 Å². The molecular weight excluding hydrogens is 349 g/mol. The van der Waals surface area contributed by atoms with Gasteiger partial charge >= 0.3 is 0 Å². The molecule has 0 amide bonds. The van der Waals surface area contributed by atoms with Gasteiger partial charge in [0.2, 0.25) is 11.2 Å². The van der Waals surface area contributed by atoms with Crippen LogP contribution in [0.2, 0.25) is 5.28 Å². The SMILES string of the molecule is Fc1c(Br)cccc1-c1nc(Cl)nc(-n2ccnc2)n1. The van der Waals surface area contributed by atoms with Crippen LogP contribution >= 0.6 is 27.5 Å². The highest BCUT2D eigenvalue weighted by atomic mass is 79.9. The summed E-state index contributed by atoms with van der Waals surface area (Å²) in [6.07, 6.45) is 4.76. The Morgan fingerprint density at radius 3 is 2.80 bits per heavy atom. The van der Waals surface area contributed by atoms with Crippen molar-refractivity contribution in [2.45, 2.75) is 0 Å². The van der Waals surface area contributed by atoms with Gasteiger partial charge in [0.15, 0.2) is 5.82 Å². The van der Waals surface area contributed by atoms with E-state index in [4.69, 9.17) is 11.6 Å². The molecule has 2 heterocycles. The first-order valence-electron chi connectivity index (χ1n) is 5.49. The first-order chi connectivity index (χ1) is 9.65. The Bertz CT molecular complexity index is 763. The van der Waals surface area contributed by atoms with Gasteiger partial charge in [0.05, 0.1) is 10.0 Å². The van der Waals surface area contributed by atoms with Gasteiger partial charge in [-0.05, 0) is 39.7 Å². The van der Waals surface area contributed by atoms with Crippen LogP contribution in [0, 0.1) is 5.82 Å². The van der Waals surface area contributed by atoms with Crippen LogP contribution in [0.25, 0.3) is 17.3 Å². The van der Waals surface area contributed by atoms with Gasteiger partial charge in [0.1, 0.15) is 12.1 Å². The molecule has 100 valence electrons. The van der Waals surface area contributed by atoms with Crippen LogP contribution < -0.4 is 0 Å². The summed E-state index contributed by atoms with van der Waals surface area (Å²) < 4.78 is 16.0. The average Bonchev–Trinajstić information content (AvgIpc) is 2.95. The molecule has 0 aliphatic rings. The Labute approximate surface area is 126 Å². The molecule has 0 radical (unpaired) electrons. The minimum absolute atomic E-state index is 0.0157. The van der Waals surface area contributed by atoms with Crippen LogP contribution in [0.1, 0.15) is 0 Å². The second-order valence-electron chi connectivity index (χ2n) is 3.80. The molecule has 0 aliphatic carbocycles. The molecule has 1 aromatic carbocycles. The first kappa shape index (κ1) is 13.1. The molecule has 3 aromatic rings. The van der Waals surface area contributed by atoms with Crippen LogP contribution in [0.4, 0.5) is 4.39 Å². The molecular formula is C12H6BrClFN5. The molecule has 5 nitrogen and oxygen atoms in total. The lowest BCUT2D eigenvalue weighted by Crippen LogP contribution is -2.03. The summed E-state index contributed by atoms with van der Waals surface area (Å²) in [5.41, 5.74) is 0.241. The molecule has 0 N–H and O–H groups in total. The summed E-state index contributed by atoms with van der Waals surface area (Å²) in [4.78, 5) is 16.1. The van der Waals surface area contributed by atoms with E-state index in [2.05, 4.69) is 35.9 Å². The Morgan fingerprint density at radius 1 is 1.20 bits per heavy atom. The zero-order valence-corrected chi connectivity index (χ0v) is 12.2. The summed E-state index contributed by atoms with van der Waals surface area (Å²) in [6, 6.07) is 4.86. The molecule has 0 fully saturated rings. The molecule has 0 aliphatic heterocycles. The summed E-state index contributed by atoms with van der Waals surface area (Å²) in [5.74, 6) is -0.0178. The largest absolute Gasteiger partial charge is 0.274 e. The molecule has 8 heteroatoms. The lowest BCUT2D eigenvalue weighted by atomic mass is 10.2. The Hall–Kier alpha value is -1.86. The van der Waals surface area contributed by atoms with E-state index in [1.165, 1.54) is 6.33 Å². The summed E-state index contributed by atoms with van der Waals surface area (Å²) in [6.45, 7) is 0. The maximum absolute atomic E-state index is 14.1. The predicted molar refractivity (Wildman–Crippen MR) is 75.1 cm³/mol. The quantitative estimate of drug-likeness (QED) is 0.709. The lowest BCUT2D eigenvalue weighted by molar-refractivity contribution is 0.623. The maximum Gasteiger partial charge on any atom is 0.239 e. The normalized spacial score (nSPS) is 10.8. The zero-order valence-electron chi connectivity index (χ0n) is 9.83. The number of aromatic nitrogens is 5. The molecule has 0 saturated heterocycles. The molecule has 0 spiro atoms. The van der Waals surface area contributed by atoms with Crippen molar-refractivity contribution in [1.29, 1.82) is 0 Å². The van der Waals surface area contributed by atoms with Crippen LogP contribution in [0.5, 0.6) is 0 Å². The first-order valence-corrected chi connectivity index (χ1v) is 6.66. The van der Waals surface area contributed by atoms with Gasteiger partial charge in [0, 0.05) is 12.4 Å². The van der Waals surface area contributed by atoms with Crippen LogP contribution in [-0.4, -0.2) is 24.5 Å². The number of imidazole rings is 1. The molecule has 0 unspecified atom stereocenters. The van der Waals surface area contributed by atoms with E-state index in [0.717, 1.165) is 0 Å². The Kier molecular flexibility index (Phi) is 3.45. The van der Waals surface area contributed by atoms with E-state index in [1.54, 1.807) is 35.2 Å². The second kappa shape index (κ2) is 5.26. The Morgan fingerprint density at radius 2 is 2.05 bits per heavy atom. The van der Waals surface area contributed by atoms with Gasteiger partial charge in [-0.3, -0.25) is 4.57 Å². The Balaban J connectivity index is 2.17. The molecule has 0 bridgehead atoms. The standard InChI is InChI=1S/C12H6BrClFN5/c13-8-3-1-2-7(9(8)15)10-17-11(14)19-12(18-10)20-5-4-16-6-20/h1-6H. The van der Waals surface area contributed by atoms with Gasteiger partial charge in [-0.1, -0.05) is 6.07 Å². The number of halogens is 3. The molecule has 0 atom stereocenters. The van der Waals surface area contributed by atoms with Crippen molar-refractivity contribution in [3.63, 3.8) is 0 Å². The van der Waals surface area contributed by atoms with Crippen molar-refractivity contribution < 1.29 is 4.39 Å². The van der Waals surface area contributed by atoms with Crippen LogP contribution in [0.3, 0.4) is 0 Å². The molecule has 3 rings (SSSR count). The summed E-state index contributed by atoms with van der Waals surface area (Å²) in [7, 11) is 0. The molecule has 20 heavy (non-hydrogen) atoms. The van der Waals surface area contributed by atoms with Crippen molar-refractivity contribution in [2.24, 2.45) is 0 Å². The summed E-state index contributed by atoms with van der Waals surface area (Å²) in [5, 5.41) is -0.0157. The topological polar surface area (TPSA) is 56.5 Å². The third kappa shape index (κ3) is 2.41. The minimum atomic E-state index is -0.452. The van der Waals surface area contributed by atoms with Gasteiger partial charge in [-0.25, -0.2) is 9.37 Å². The van der Waals surface area contributed by atoms with Crippen molar-refractivity contribution in [1.82, 2.24) is 24.5 Å². The van der Waals surface area contributed by atoms with E-state index in [9.17, 15) is 4.39 Å². The third-order valence-corrected chi connectivity index (χ3v) is 3.31. The average molecular weight is 355 g/mol. The summed E-state index contributed by atoms with van der Waals surface area (Å²) >= 11 is 9.00. The van der Waals surface area contributed by atoms with Crippen molar-refractivity contribution in [2.75, 3.05) is 0 Å². The van der Waals surface area contributed by atoms with E-state index < -0.39 is 5.82 Å². The fraction of sp³-hybridized carbons (Fsp3) is 0. The molecule has 2 aromatic heterocycles. The van der Waals surface area contributed by atoms with E-state index in [0.29, 0.717) is 4.47 Å². The van der Waals surface area contributed by atoms with E-state index in [1.807, 2.05) is 0 Å². The number of rotatable bonds is 2. The monoisotopic (exact) mass is 353 g/mol. The number of nitrogens with zero attached hydrogens (tertiary/aromatic N) is 5. The minimum Gasteiger partial charge on any atom is -0.274 e. The fourth-order valence-corrected chi connectivity index (χ4v) is 2.15. The number of hydrogen-bond donors (Lipinski definition) is 0. The molecule has 0 saturated carbocycles. The number of benzene rings is 1. The number of hydrogen-bond acceptors (Lipinski definition) is 4. The van der Waals surface area contributed by atoms with Gasteiger partial charge < -0.3 is 0 Å². The van der Waals surface area contributed by atoms with E-state index >= 15 is 0 Å².